The van der Waals surface area contributed by atoms with E-state index in [1.54, 1.807) is 6.08 Å². The first-order valence-corrected chi connectivity index (χ1v) is 8.59. The number of amides is 1. The summed E-state index contributed by atoms with van der Waals surface area (Å²) >= 11 is 0. The smallest absolute Gasteiger partial charge is 0.243 e. The third-order valence-electron chi connectivity index (χ3n) is 4.82. The number of hydrogen-bond donors (Lipinski definition) is 2. The van der Waals surface area contributed by atoms with Crippen molar-refractivity contribution in [1.82, 2.24) is 5.32 Å². The Morgan fingerprint density at radius 1 is 1.38 bits per heavy atom. The minimum Gasteiger partial charge on any atom is -0.492 e. The van der Waals surface area contributed by atoms with E-state index >= 15 is 0 Å². The number of ketones is 1. The molecule has 0 aliphatic heterocycles. The second-order valence-corrected chi connectivity index (χ2v) is 6.83. The van der Waals surface area contributed by atoms with Crippen LogP contribution >= 0.6 is 0 Å². The molecular formula is C19H27NO4. The van der Waals surface area contributed by atoms with Gasteiger partial charge in [0.15, 0.2) is 5.78 Å². The van der Waals surface area contributed by atoms with Crippen LogP contribution in [0.4, 0.5) is 0 Å². The van der Waals surface area contributed by atoms with Gasteiger partial charge in [-0.2, -0.15) is 0 Å². The summed E-state index contributed by atoms with van der Waals surface area (Å²) in [5.74, 6) is 0.369. The summed E-state index contributed by atoms with van der Waals surface area (Å²) in [6.07, 6.45) is 11.2. The number of carbonyl (C=O) groups excluding carboxylic acids is 2. The van der Waals surface area contributed by atoms with Gasteiger partial charge in [0.2, 0.25) is 5.91 Å². The van der Waals surface area contributed by atoms with Crippen LogP contribution in [0.3, 0.4) is 0 Å². The molecule has 1 unspecified atom stereocenters. The summed E-state index contributed by atoms with van der Waals surface area (Å²) < 4.78 is 5.57. The van der Waals surface area contributed by atoms with Crippen molar-refractivity contribution in [2.24, 2.45) is 5.41 Å². The van der Waals surface area contributed by atoms with E-state index in [9.17, 15) is 14.7 Å². The van der Waals surface area contributed by atoms with Gasteiger partial charge < -0.3 is 15.2 Å². The Labute approximate surface area is 143 Å². The molecule has 0 bridgehead atoms. The fourth-order valence-electron chi connectivity index (χ4n) is 3.30. The predicted molar refractivity (Wildman–Crippen MR) is 92.1 cm³/mol. The first-order valence-electron chi connectivity index (χ1n) is 8.59. The molecule has 1 saturated carbocycles. The van der Waals surface area contributed by atoms with E-state index in [1.165, 1.54) is 6.08 Å². The molecule has 0 spiro atoms. The third kappa shape index (κ3) is 4.35. The van der Waals surface area contributed by atoms with Gasteiger partial charge in [0.25, 0.3) is 0 Å². The molecule has 2 N–H and O–H groups in total. The molecule has 0 aromatic rings. The van der Waals surface area contributed by atoms with Crippen LogP contribution in [-0.4, -0.2) is 35.5 Å². The van der Waals surface area contributed by atoms with Crippen LogP contribution < -0.4 is 5.32 Å². The Bertz CT molecular complexity index is 558. The van der Waals surface area contributed by atoms with E-state index in [-0.39, 0.29) is 11.7 Å². The molecule has 1 amide bonds. The zero-order chi connectivity index (χ0) is 17.6. The lowest BCUT2D eigenvalue weighted by molar-refractivity contribution is -0.148. The number of rotatable bonds is 7. The van der Waals surface area contributed by atoms with Crippen molar-refractivity contribution in [3.8, 4) is 0 Å². The van der Waals surface area contributed by atoms with Crippen LogP contribution in [0.25, 0.3) is 0 Å². The number of ether oxygens (including phenoxy) is 1. The van der Waals surface area contributed by atoms with Gasteiger partial charge in [-0.25, -0.2) is 0 Å². The Kier molecular flexibility index (Phi) is 5.99. The Hall–Kier alpha value is -1.88. The van der Waals surface area contributed by atoms with Gasteiger partial charge in [-0.15, -0.1) is 0 Å². The first kappa shape index (κ1) is 18.5. The summed E-state index contributed by atoms with van der Waals surface area (Å²) in [5, 5.41) is 13.3. The topological polar surface area (TPSA) is 75.6 Å². The molecule has 0 heterocycles. The lowest BCUT2D eigenvalue weighted by atomic mass is 9.68. The number of carbonyl (C=O) groups is 2. The van der Waals surface area contributed by atoms with Crippen LogP contribution in [0.1, 0.15) is 45.4 Å². The van der Waals surface area contributed by atoms with E-state index < -0.39 is 11.0 Å². The second-order valence-electron chi connectivity index (χ2n) is 6.83. The summed E-state index contributed by atoms with van der Waals surface area (Å²) in [6.45, 7) is 6.00. The third-order valence-corrected chi connectivity index (χ3v) is 4.82. The Morgan fingerprint density at radius 3 is 2.67 bits per heavy atom. The predicted octanol–water partition coefficient (Wildman–Crippen LogP) is 2.42. The molecule has 5 heteroatoms. The number of Topliss-reactive ketones (excluding diaryl/α,β-unsaturated/α-hetero) is 1. The van der Waals surface area contributed by atoms with Crippen molar-refractivity contribution in [2.75, 3.05) is 13.2 Å². The van der Waals surface area contributed by atoms with E-state index in [0.29, 0.717) is 38.2 Å². The summed E-state index contributed by atoms with van der Waals surface area (Å²) in [6, 6.07) is 0. The van der Waals surface area contributed by atoms with Gasteiger partial charge in [0.05, 0.1) is 12.0 Å². The number of nitrogens with one attached hydrogen (secondary N) is 1. The first-order chi connectivity index (χ1) is 11.4. The fraction of sp³-hybridized carbons (Fsp3) is 0.579. The number of allylic oxidation sites excluding steroid dienone is 3. The van der Waals surface area contributed by atoms with Crippen molar-refractivity contribution in [2.45, 2.75) is 51.0 Å². The maximum Gasteiger partial charge on any atom is 0.243 e. The van der Waals surface area contributed by atoms with Crippen LogP contribution in [0.2, 0.25) is 0 Å². The molecule has 24 heavy (non-hydrogen) atoms. The lowest BCUT2D eigenvalue weighted by Crippen LogP contribution is -2.48. The van der Waals surface area contributed by atoms with Crippen LogP contribution in [0.15, 0.2) is 36.6 Å². The summed E-state index contributed by atoms with van der Waals surface area (Å²) in [5.41, 5.74) is -1.87. The highest BCUT2D eigenvalue weighted by Gasteiger charge is 2.46. The SMILES string of the molecule is C=CC(=O)NCCOC1=CCC(C)(C(=O)C2(O)CCCCC2)C=C1. The molecule has 0 aromatic carbocycles. The maximum atomic E-state index is 12.8. The standard InChI is InChI=1S/C19H27NO4/c1-3-16(21)20-13-14-24-15-7-11-18(2,12-8-15)17(22)19(23)9-5-4-6-10-19/h3,7-8,11,23H,1,4-6,9-10,12-14H2,2H3,(H,20,21). The molecule has 0 radical (unpaired) electrons. The fourth-order valence-corrected chi connectivity index (χ4v) is 3.30. The van der Waals surface area contributed by atoms with Crippen LogP contribution in [0.5, 0.6) is 0 Å². The van der Waals surface area contributed by atoms with Gasteiger partial charge in [0, 0.05) is 0 Å². The molecule has 2 aliphatic rings. The van der Waals surface area contributed by atoms with E-state index in [0.717, 1.165) is 19.3 Å². The van der Waals surface area contributed by atoms with Gasteiger partial charge >= 0.3 is 0 Å². The van der Waals surface area contributed by atoms with Gasteiger partial charge in [-0.3, -0.25) is 9.59 Å². The number of aliphatic hydroxyl groups is 1. The van der Waals surface area contributed by atoms with Crippen LogP contribution in [0, 0.1) is 5.41 Å². The minimum atomic E-state index is -1.18. The van der Waals surface area contributed by atoms with Crippen molar-refractivity contribution in [1.29, 1.82) is 0 Å². The van der Waals surface area contributed by atoms with E-state index in [2.05, 4.69) is 11.9 Å². The largest absolute Gasteiger partial charge is 0.492 e. The quantitative estimate of drug-likeness (QED) is 0.554. The highest BCUT2D eigenvalue weighted by Crippen LogP contribution is 2.39. The molecule has 1 atom stereocenters. The summed E-state index contributed by atoms with van der Waals surface area (Å²) in [7, 11) is 0. The van der Waals surface area contributed by atoms with Gasteiger partial charge in [-0.05, 0) is 44.4 Å². The lowest BCUT2D eigenvalue weighted by Gasteiger charge is -2.38. The monoisotopic (exact) mass is 333 g/mol. The van der Waals surface area contributed by atoms with Crippen molar-refractivity contribution in [3.63, 3.8) is 0 Å². The van der Waals surface area contributed by atoms with Crippen LogP contribution in [-0.2, 0) is 14.3 Å². The minimum absolute atomic E-state index is 0.0838. The normalized spacial score (nSPS) is 25.5. The van der Waals surface area contributed by atoms with Gasteiger partial charge in [0.1, 0.15) is 18.0 Å². The number of hydrogen-bond acceptors (Lipinski definition) is 4. The van der Waals surface area contributed by atoms with Crippen molar-refractivity contribution >= 4 is 11.7 Å². The average Bonchev–Trinajstić information content (AvgIpc) is 2.60. The molecular weight excluding hydrogens is 306 g/mol. The molecule has 5 nitrogen and oxygen atoms in total. The Morgan fingerprint density at radius 2 is 2.08 bits per heavy atom. The molecule has 2 aliphatic carbocycles. The van der Waals surface area contributed by atoms with Gasteiger partial charge in [-0.1, -0.05) is 31.9 Å². The second kappa shape index (κ2) is 7.79. The zero-order valence-electron chi connectivity index (χ0n) is 14.3. The average molecular weight is 333 g/mol. The van der Waals surface area contributed by atoms with E-state index in [1.807, 2.05) is 19.1 Å². The molecule has 0 saturated heterocycles. The molecule has 2 rings (SSSR count). The Balaban J connectivity index is 1.86. The molecule has 1 fully saturated rings. The summed E-state index contributed by atoms with van der Waals surface area (Å²) in [4.78, 5) is 23.9. The van der Waals surface area contributed by atoms with Crippen molar-refractivity contribution in [3.05, 3.63) is 36.6 Å². The highest BCUT2D eigenvalue weighted by molar-refractivity contribution is 5.94. The zero-order valence-corrected chi connectivity index (χ0v) is 14.3. The molecule has 0 aromatic heterocycles. The molecule has 132 valence electrons. The van der Waals surface area contributed by atoms with Crippen molar-refractivity contribution < 1.29 is 19.4 Å². The van der Waals surface area contributed by atoms with E-state index in [4.69, 9.17) is 4.74 Å². The maximum absolute atomic E-state index is 12.8. The highest BCUT2D eigenvalue weighted by atomic mass is 16.5.